The minimum absolute atomic E-state index is 0.0233. The standard InChI is InChI=1S/C32H35F2N3O4S/c1-17-10-21-22-8-9-32(29(40)42-16-33,41-28(39)18-4-5-18)31(22,3)13-25(38)27(21)30(2)12-19-14-36-37(24(19)11-23(17)30)20-6-7-26(34)35-15-20/h6-7,10-11,14-15,18,21-22,25,27,38H,4-5,8-9,12-13,16H2,1-3H3/t21-,22-,25-,27+,30-,31-,32-/m0/s1. The molecule has 2 aromatic rings. The molecule has 7 atom stereocenters. The van der Waals surface area contributed by atoms with E-state index in [0.717, 1.165) is 35.2 Å². The van der Waals surface area contributed by atoms with Gasteiger partial charge in [-0.3, -0.25) is 9.59 Å². The molecule has 0 spiro atoms. The molecule has 2 heterocycles. The third-order valence-corrected chi connectivity index (χ3v) is 11.8. The number of aromatic nitrogens is 3. The van der Waals surface area contributed by atoms with Crippen LogP contribution in [0.25, 0.3) is 11.8 Å². The van der Waals surface area contributed by atoms with Crippen molar-refractivity contribution in [2.75, 3.05) is 6.01 Å². The van der Waals surface area contributed by atoms with Crippen molar-refractivity contribution in [1.82, 2.24) is 14.8 Å². The Labute approximate surface area is 247 Å². The van der Waals surface area contributed by atoms with Gasteiger partial charge in [0.2, 0.25) is 11.1 Å². The van der Waals surface area contributed by atoms with E-state index in [0.29, 0.717) is 43.1 Å². The van der Waals surface area contributed by atoms with Crippen molar-refractivity contribution in [1.29, 1.82) is 0 Å². The Hall–Kier alpha value is -2.85. The molecule has 0 unspecified atom stereocenters. The van der Waals surface area contributed by atoms with Crippen LogP contribution in [0.1, 0.15) is 64.1 Å². The van der Waals surface area contributed by atoms with Crippen LogP contribution in [0.3, 0.4) is 0 Å². The first-order valence-corrected chi connectivity index (χ1v) is 15.7. The maximum Gasteiger partial charge on any atom is 0.309 e. The Kier molecular flexibility index (Phi) is 6.37. The fraction of sp³-hybridized carbons (Fsp3) is 0.562. The molecule has 3 fully saturated rings. The van der Waals surface area contributed by atoms with Crippen LogP contribution in [0.4, 0.5) is 8.78 Å². The van der Waals surface area contributed by atoms with E-state index in [9.17, 15) is 23.5 Å². The number of esters is 1. The van der Waals surface area contributed by atoms with Crippen LogP contribution in [0, 0.1) is 40.4 Å². The summed E-state index contributed by atoms with van der Waals surface area (Å²) in [5, 5.41) is 16.2. The number of halogens is 2. The SMILES string of the molecule is CC1=C[C@@H]2[C@H]([C@@H](O)C[C@@]3(C)[C@H]2CC[C@]3(OC(=O)C2CC2)C(=O)SCF)[C@@]2(C)Cc3cnn(-c4ccc(F)nc4)c3C=C12. The minimum atomic E-state index is -1.46. The predicted octanol–water partition coefficient (Wildman–Crippen LogP) is 5.60. The van der Waals surface area contributed by atoms with E-state index in [1.807, 2.05) is 13.1 Å². The molecule has 7 rings (SSSR count). The topological polar surface area (TPSA) is 94.3 Å². The van der Waals surface area contributed by atoms with Crippen LogP contribution in [-0.2, 0) is 20.7 Å². The molecule has 5 aliphatic carbocycles. The molecule has 0 radical (unpaired) electrons. The lowest BCUT2D eigenvalue weighted by Crippen LogP contribution is -2.62. The monoisotopic (exact) mass is 595 g/mol. The van der Waals surface area contributed by atoms with Crippen LogP contribution in [0.5, 0.6) is 0 Å². The van der Waals surface area contributed by atoms with Crippen molar-refractivity contribution >= 4 is 28.9 Å². The van der Waals surface area contributed by atoms with Crippen molar-refractivity contribution in [3.8, 4) is 5.69 Å². The number of hydrogen-bond acceptors (Lipinski definition) is 7. The van der Waals surface area contributed by atoms with Crippen molar-refractivity contribution in [2.45, 2.75) is 71.0 Å². The maximum absolute atomic E-state index is 13.6. The van der Waals surface area contributed by atoms with Gasteiger partial charge in [-0.25, -0.2) is 14.1 Å². The summed E-state index contributed by atoms with van der Waals surface area (Å²) >= 11 is 0.574. The molecule has 0 saturated heterocycles. The summed E-state index contributed by atoms with van der Waals surface area (Å²) in [7, 11) is 0. The van der Waals surface area contributed by atoms with E-state index in [1.54, 1.807) is 10.7 Å². The predicted molar refractivity (Wildman–Crippen MR) is 153 cm³/mol. The summed E-state index contributed by atoms with van der Waals surface area (Å²) in [6, 6.07) is 2.08. The highest BCUT2D eigenvalue weighted by Gasteiger charge is 2.70. The molecule has 5 aliphatic rings. The minimum Gasteiger partial charge on any atom is -0.449 e. The van der Waals surface area contributed by atoms with E-state index in [2.05, 4.69) is 36.1 Å². The van der Waals surface area contributed by atoms with Crippen LogP contribution in [0.15, 0.2) is 41.7 Å². The zero-order valence-electron chi connectivity index (χ0n) is 24.0. The Bertz CT molecular complexity index is 1530. The highest BCUT2D eigenvalue weighted by atomic mass is 32.2. The average molecular weight is 596 g/mol. The summed E-state index contributed by atoms with van der Waals surface area (Å²) in [5.41, 5.74) is 2.16. The number of nitrogens with zero attached hydrogens (tertiary/aromatic N) is 3. The van der Waals surface area contributed by atoms with Gasteiger partial charge in [0.15, 0.2) is 5.60 Å². The van der Waals surface area contributed by atoms with Crippen molar-refractivity contribution in [3.63, 3.8) is 0 Å². The van der Waals surface area contributed by atoms with Gasteiger partial charge in [-0.1, -0.05) is 25.5 Å². The second-order valence-corrected chi connectivity index (χ2v) is 14.2. The van der Waals surface area contributed by atoms with E-state index in [4.69, 9.17) is 4.74 Å². The number of ether oxygens (including phenoxy) is 1. The largest absolute Gasteiger partial charge is 0.449 e. The van der Waals surface area contributed by atoms with Crippen LogP contribution >= 0.6 is 11.8 Å². The number of carbonyl (C=O) groups excluding carboxylic acids is 2. The number of aliphatic hydroxyl groups is 1. The lowest BCUT2D eigenvalue weighted by Gasteiger charge is -2.59. The number of allylic oxidation sites excluding steroid dienone is 3. The molecule has 10 heteroatoms. The van der Waals surface area contributed by atoms with Crippen LogP contribution < -0.4 is 0 Å². The molecule has 0 amide bonds. The Morgan fingerprint density at radius 1 is 1.21 bits per heavy atom. The van der Waals surface area contributed by atoms with Crippen molar-refractivity contribution < 1.29 is 28.2 Å². The van der Waals surface area contributed by atoms with Gasteiger partial charge in [0.1, 0.15) is 6.01 Å². The van der Waals surface area contributed by atoms with Gasteiger partial charge in [-0.2, -0.15) is 9.49 Å². The molecular formula is C32H35F2N3O4S. The van der Waals surface area contributed by atoms with Crippen LogP contribution in [0.2, 0.25) is 0 Å². The number of fused-ring (bicyclic) bond motifs is 6. The Morgan fingerprint density at radius 3 is 2.69 bits per heavy atom. The number of rotatable bonds is 5. The molecule has 3 saturated carbocycles. The summed E-state index contributed by atoms with van der Waals surface area (Å²) in [5.74, 6) is -1.33. The highest BCUT2D eigenvalue weighted by molar-refractivity contribution is 8.13. The van der Waals surface area contributed by atoms with E-state index in [-0.39, 0.29) is 29.6 Å². The normalized spacial score (nSPS) is 36.6. The third kappa shape index (κ3) is 3.86. The van der Waals surface area contributed by atoms with Gasteiger partial charge in [-0.15, -0.1) is 0 Å². The molecule has 0 bridgehead atoms. The smallest absolute Gasteiger partial charge is 0.309 e. The second-order valence-electron chi connectivity index (χ2n) is 13.3. The molecular weight excluding hydrogens is 560 g/mol. The second kappa shape index (κ2) is 9.58. The van der Waals surface area contributed by atoms with Gasteiger partial charge < -0.3 is 9.84 Å². The fourth-order valence-electron chi connectivity index (χ4n) is 9.03. The van der Waals surface area contributed by atoms with Gasteiger partial charge in [0.05, 0.1) is 35.8 Å². The zero-order valence-corrected chi connectivity index (χ0v) is 24.8. The molecule has 42 heavy (non-hydrogen) atoms. The van der Waals surface area contributed by atoms with Gasteiger partial charge in [0.25, 0.3) is 0 Å². The first-order chi connectivity index (χ1) is 20.0. The molecule has 222 valence electrons. The lowest BCUT2D eigenvalue weighted by atomic mass is 9.46. The van der Waals surface area contributed by atoms with Gasteiger partial charge in [-0.05, 0) is 98.4 Å². The third-order valence-electron chi connectivity index (χ3n) is 11.1. The molecule has 0 aromatic carbocycles. The number of carbonyl (C=O) groups is 2. The first kappa shape index (κ1) is 28.0. The molecule has 2 aromatic heterocycles. The lowest BCUT2D eigenvalue weighted by molar-refractivity contribution is -0.193. The number of alkyl halides is 1. The number of thioether (sulfide) groups is 1. The summed E-state index contributed by atoms with van der Waals surface area (Å²) in [6.07, 6.45) is 10.3. The number of hydrogen-bond donors (Lipinski definition) is 1. The van der Waals surface area contributed by atoms with Gasteiger partial charge in [0, 0.05) is 16.7 Å². The Balaban J connectivity index is 1.29. The number of aliphatic hydroxyl groups excluding tert-OH is 1. The highest BCUT2D eigenvalue weighted by Crippen LogP contribution is 2.68. The van der Waals surface area contributed by atoms with Crippen molar-refractivity contribution in [2.24, 2.45) is 34.5 Å². The van der Waals surface area contributed by atoms with Crippen LogP contribution in [-0.4, -0.2) is 48.7 Å². The first-order valence-electron chi connectivity index (χ1n) is 14.8. The van der Waals surface area contributed by atoms with Crippen molar-refractivity contribution in [3.05, 3.63) is 59.0 Å². The maximum atomic E-state index is 13.6. The molecule has 0 aliphatic heterocycles. The van der Waals surface area contributed by atoms with E-state index >= 15 is 0 Å². The molecule has 1 N–H and O–H groups in total. The zero-order chi connectivity index (χ0) is 29.6. The summed E-state index contributed by atoms with van der Waals surface area (Å²) in [6.45, 7) is 6.26. The quantitative estimate of drug-likeness (QED) is 0.355. The fourth-order valence-corrected chi connectivity index (χ4v) is 9.74. The Morgan fingerprint density at radius 2 is 2.00 bits per heavy atom. The van der Waals surface area contributed by atoms with E-state index < -0.39 is 39.6 Å². The summed E-state index contributed by atoms with van der Waals surface area (Å²) in [4.78, 5) is 30.4. The average Bonchev–Trinajstić information content (AvgIpc) is 3.65. The summed E-state index contributed by atoms with van der Waals surface area (Å²) < 4.78 is 34.9. The number of pyridine rings is 1. The van der Waals surface area contributed by atoms with E-state index in [1.165, 1.54) is 12.3 Å². The molecule has 7 nitrogen and oxygen atoms in total. The van der Waals surface area contributed by atoms with Gasteiger partial charge >= 0.3 is 5.97 Å².